The first-order valence-electron chi connectivity index (χ1n) is 6.33. The van der Waals surface area contributed by atoms with E-state index in [1.165, 1.54) is 4.90 Å². The van der Waals surface area contributed by atoms with E-state index >= 15 is 0 Å². The van der Waals surface area contributed by atoms with Gasteiger partial charge in [-0.3, -0.25) is 4.79 Å². The van der Waals surface area contributed by atoms with Gasteiger partial charge in [0.2, 0.25) is 0 Å². The maximum Gasteiger partial charge on any atom is 0.339 e. The highest BCUT2D eigenvalue weighted by Crippen LogP contribution is 2.14. The molecule has 0 unspecified atom stereocenters. The number of carbonyl (C=O) groups excluding carboxylic acids is 2. The zero-order valence-electron chi connectivity index (χ0n) is 11.5. The van der Waals surface area contributed by atoms with Gasteiger partial charge in [-0.25, -0.2) is 4.79 Å². The summed E-state index contributed by atoms with van der Waals surface area (Å²) < 4.78 is 5.87. The number of likely N-dealkylation sites (N-methyl/N-ethyl adjacent to an activating group) is 1. The highest BCUT2D eigenvalue weighted by atomic mass is 127. The number of carbonyl (C=O) groups is 2. The minimum atomic E-state index is -0.491. The molecule has 5 heteroatoms. The SMILES string of the molecule is CN(C(=O)COC(=O)c1ccccc1I)c1ccccc1. The minimum Gasteiger partial charge on any atom is -0.452 e. The summed E-state index contributed by atoms with van der Waals surface area (Å²) in [6, 6.07) is 16.3. The normalized spacial score (nSPS) is 10.0. The average molecular weight is 395 g/mol. The third-order valence-corrected chi connectivity index (χ3v) is 3.88. The molecule has 0 radical (unpaired) electrons. The fourth-order valence-corrected chi connectivity index (χ4v) is 2.33. The molecular weight excluding hydrogens is 381 g/mol. The van der Waals surface area contributed by atoms with Crippen LogP contribution in [0.4, 0.5) is 5.69 Å². The molecule has 0 aliphatic heterocycles. The molecule has 0 fully saturated rings. The van der Waals surface area contributed by atoms with Crippen LogP contribution < -0.4 is 4.90 Å². The van der Waals surface area contributed by atoms with Gasteiger partial charge < -0.3 is 9.64 Å². The molecule has 0 bridgehead atoms. The van der Waals surface area contributed by atoms with Crippen molar-refractivity contribution in [3.8, 4) is 0 Å². The molecule has 0 spiro atoms. The number of amides is 1. The lowest BCUT2D eigenvalue weighted by atomic mass is 10.2. The Kier molecular flexibility index (Phi) is 5.32. The van der Waals surface area contributed by atoms with Crippen LogP contribution in [0, 0.1) is 3.57 Å². The molecule has 2 rings (SSSR count). The molecule has 0 aliphatic carbocycles. The van der Waals surface area contributed by atoms with Crippen molar-refractivity contribution < 1.29 is 14.3 Å². The van der Waals surface area contributed by atoms with E-state index in [9.17, 15) is 9.59 Å². The van der Waals surface area contributed by atoms with E-state index in [1.54, 1.807) is 19.2 Å². The molecular formula is C16H14INO3. The average Bonchev–Trinajstić information content (AvgIpc) is 2.52. The van der Waals surface area contributed by atoms with Crippen LogP contribution in [0.1, 0.15) is 10.4 Å². The summed E-state index contributed by atoms with van der Waals surface area (Å²) in [6.07, 6.45) is 0. The predicted molar refractivity (Wildman–Crippen MR) is 89.3 cm³/mol. The van der Waals surface area contributed by atoms with Crippen LogP contribution in [0.15, 0.2) is 54.6 Å². The smallest absolute Gasteiger partial charge is 0.339 e. The zero-order chi connectivity index (χ0) is 15.2. The molecule has 1 amide bonds. The summed E-state index contributed by atoms with van der Waals surface area (Å²) >= 11 is 2.06. The van der Waals surface area contributed by atoms with Crippen LogP contribution in [0.25, 0.3) is 0 Å². The highest BCUT2D eigenvalue weighted by Gasteiger charge is 2.15. The number of esters is 1. The first-order chi connectivity index (χ1) is 10.1. The van der Waals surface area contributed by atoms with Gasteiger partial charge in [0.05, 0.1) is 5.56 Å². The maximum absolute atomic E-state index is 12.0. The second-order valence-corrected chi connectivity index (χ2v) is 5.51. The number of halogens is 1. The van der Waals surface area contributed by atoms with Crippen molar-refractivity contribution >= 4 is 40.2 Å². The summed E-state index contributed by atoms with van der Waals surface area (Å²) in [5, 5.41) is 0. The molecule has 2 aromatic carbocycles. The molecule has 21 heavy (non-hydrogen) atoms. The number of nitrogens with zero attached hydrogens (tertiary/aromatic N) is 1. The lowest BCUT2D eigenvalue weighted by molar-refractivity contribution is -0.121. The van der Waals surface area contributed by atoms with Crippen molar-refractivity contribution in [2.75, 3.05) is 18.6 Å². The molecule has 108 valence electrons. The van der Waals surface area contributed by atoms with Crippen LogP contribution in [-0.4, -0.2) is 25.5 Å². The Morgan fingerprint density at radius 3 is 2.33 bits per heavy atom. The van der Waals surface area contributed by atoms with Gasteiger partial charge in [-0.2, -0.15) is 0 Å². The Labute approximate surface area is 136 Å². The molecule has 0 heterocycles. The van der Waals surface area contributed by atoms with E-state index in [1.807, 2.05) is 42.5 Å². The molecule has 4 nitrogen and oxygen atoms in total. The van der Waals surface area contributed by atoms with Crippen molar-refractivity contribution in [2.24, 2.45) is 0 Å². The van der Waals surface area contributed by atoms with Gasteiger partial charge in [-0.1, -0.05) is 30.3 Å². The van der Waals surface area contributed by atoms with Gasteiger partial charge in [0.1, 0.15) is 0 Å². The van der Waals surface area contributed by atoms with Crippen molar-refractivity contribution in [2.45, 2.75) is 0 Å². The van der Waals surface area contributed by atoms with E-state index in [2.05, 4.69) is 22.6 Å². The molecule has 0 saturated carbocycles. The molecule has 0 saturated heterocycles. The monoisotopic (exact) mass is 395 g/mol. The largest absolute Gasteiger partial charge is 0.452 e. The Bertz CT molecular complexity index is 643. The molecule has 0 aliphatic rings. The third-order valence-electron chi connectivity index (χ3n) is 2.94. The lowest BCUT2D eigenvalue weighted by Gasteiger charge is -2.17. The van der Waals surface area contributed by atoms with Gasteiger partial charge in [0.25, 0.3) is 5.91 Å². The number of para-hydroxylation sites is 1. The van der Waals surface area contributed by atoms with Crippen LogP contribution in [0.5, 0.6) is 0 Å². The van der Waals surface area contributed by atoms with Gasteiger partial charge >= 0.3 is 5.97 Å². The topological polar surface area (TPSA) is 46.6 Å². The summed E-state index contributed by atoms with van der Waals surface area (Å²) in [4.78, 5) is 25.4. The molecule has 0 aromatic heterocycles. The quantitative estimate of drug-likeness (QED) is 0.591. The van der Waals surface area contributed by atoms with E-state index in [0.29, 0.717) is 5.56 Å². The first kappa shape index (κ1) is 15.5. The van der Waals surface area contributed by atoms with Gasteiger partial charge in [-0.15, -0.1) is 0 Å². The van der Waals surface area contributed by atoms with E-state index in [-0.39, 0.29) is 12.5 Å². The van der Waals surface area contributed by atoms with Gasteiger partial charge in [0.15, 0.2) is 6.61 Å². The number of rotatable bonds is 4. The lowest BCUT2D eigenvalue weighted by Crippen LogP contribution is -2.31. The Balaban J connectivity index is 1.95. The van der Waals surface area contributed by atoms with E-state index in [4.69, 9.17) is 4.74 Å². The van der Waals surface area contributed by atoms with Crippen LogP contribution in [0.3, 0.4) is 0 Å². The van der Waals surface area contributed by atoms with Crippen LogP contribution in [-0.2, 0) is 9.53 Å². The summed E-state index contributed by atoms with van der Waals surface area (Å²) in [6.45, 7) is -0.283. The summed E-state index contributed by atoms with van der Waals surface area (Å²) in [5.41, 5.74) is 1.22. The minimum absolute atomic E-state index is 0.277. The summed E-state index contributed by atoms with van der Waals surface area (Å²) in [7, 11) is 1.65. The first-order valence-corrected chi connectivity index (χ1v) is 7.40. The highest BCUT2D eigenvalue weighted by molar-refractivity contribution is 14.1. The van der Waals surface area contributed by atoms with Crippen molar-refractivity contribution in [1.29, 1.82) is 0 Å². The molecule has 2 aromatic rings. The number of hydrogen-bond acceptors (Lipinski definition) is 3. The maximum atomic E-state index is 12.0. The predicted octanol–water partition coefficient (Wildman–Crippen LogP) is 3.11. The number of anilines is 1. The second kappa shape index (κ2) is 7.21. The molecule has 0 atom stereocenters. The second-order valence-electron chi connectivity index (χ2n) is 4.34. The standard InChI is InChI=1S/C16H14INO3/c1-18(12-7-3-2-4-8-12)15(19)11-21-16(20)13-9-5-6-10-14(13)17/h2-10H,11H2,1H3. The Morgan fingerprint density at radius 1 is 1.05 bits per heavy atom. The van der Waals surface area contributed by atoms with Crippen molar-refractivity contribution in [3.05, 3.63) is 63.7 Å². The Hall–Kier alpha value is -1.89. The van der Waals surface area contributed by atoms with Gasteiger partial charge in [-0.05, 0) is 46.9 Å². The Morgan fingerprint density at radius 2 is 1.67 bits per heavy atom. The van der Waals surface area contributed by atoms with E-state index < -0.39 is 5.97 Å². The fraction of sp³-hybridized carbons (Fsp3) is 0.125. The molecule has 0 N–H and O–H groups in total. The van der Waals surface area contributed by atoms with Crippen LogP contribution in [0.2, 0.25) is 0 Å². The third kappa shape index (κ3) is 4.04. The van der Waals surface area contributed by atoms with Crippen molar-refractivity contribution in [1.82, 2.24) is 0 Å². The number of hydrogen-bond donors (Lipinski definition) is 0. The summed E-state index contributed by atoms with van der Waals surface area (Å²) in [5.74, 6) is -0.768. The van der Waals surface area contributed by atoms with Gasteiger partial charge in [0, 0.05) is 16.3 Å². The van der Waals surface area contributed by atoms with Crippen LogP contribution >= 0.6 is 22.6 Å². The van der Waals surface area contributed by atoms with E-state index in [0.717, 1.165) is 9.26 Å². The fourth-order valence-electron chi connectivity index (χ4n) is 1.72. The zero-order valence-corrected chi connectivity index (χ0v) is 13.6. The number of ether oxygens (including phenoxy) is 1. The number of benzene rings is 2. The van der Waals surface area contributed by atoms with Crippen molar-refractivity contribution in [3.63, 3.8) is 0 Å².